The number of likely N-dealkylation sites (tertiary alicyclic amines) is 1. The van der Waals surface area contributed by atoms with Crippen molar-refractivity contribution in [3.63, 3.8) is 0 Å². The molecule has 1 N–H and O–H groups in total. The molecule has 1 saturated heterocycles. The van der Waals surface area contributed by atoms with Crippen LogP contribution in [0.25, 0.3) is 22.6 Å². The van der Waals surface area contributed by atoms with Crippen molar-refractivity contribution in [1.29, 1.82) is 0 Å². The second kappa shape index (κ2) is 10.3. The van der Waals surface area contributed by atoms with E-state index in [4.69, 9.17) is 4.42 Å². The largest absolute Gasteiger partial charge is 0.436 e. The Morgan fingerprint density at radius 1 is 1.11 bits per heavy atom. The highest BCUT2D eigenvalue weighted by molar-refractivity contribution is 5.97. The maximum Gasteiger partial charge on any atom is 0.253 e. The van der Waals surface area contributed by atoms with E-state index in [1.165, 1.54) is 5.56 Å². The van der Waals surface area contributed by atoms with Crippen molar-refractivity contribution < 1.29 is 14.0 Å². The number of aromatic nitrogens is 2. The number of rotatable bonds is 6. The third kappa shape index (κ3) is 5.15. The molecule has 0 aliphatic carbocycles. The van der Waals surface area contributed by atoms with Crippen LogP contribution in [0.2, 0.25) is 0 Å². The first-order valence-corrected chi connectivity index (χ1v) is 12.4. The lowest BCUT2D eigenvalue weighted by Crippen LogP contribution is -2.42. The molecule has 1 atom stereocenters. The molecule has 36 heavy (non-hydrogen) atoms. The van der Waals surface area contributed by atoms with Gasteiger partial charge in [0.05, 0.1) is 0 Å². The third-order valence-corrected chi connectivity index (χ3v) is 7.07. The summed E-state index contributed by atoms with van der Waals surface area (Å²) in [6, 6.07) is 17.2. The van der Waals surface area contributed by atoms with Crippen LogP contribution in [0.1, 0.15) is 41.3 Å². The number of oxazole rings is 1. The van der Waals surface area contributed by atoms with E-state index in [9.17, 15) is 9.59 Å². The molecule has 5 rings (SSSR count). The maximum absolute atomic E-state index is 13.2. The van der Waals surface area contributed by atoms with Gasteiger partial charge in [-0.25, -0.2) is 4.98 Å². The van der Waals surface area contributed by atoms with Gasteiger partial charge in [0.25, 0.3) is 5.91 Å². The molecular weight excluding hydrogens is 452 g/mol. The number of benzene rings is 2. The van der Waals surface area contributed by atoms with Gasteiger partial charge in [0.1, 0.15) is 5.52 Å². The predicted octanol–water partition coefficient (Wildman–Crippen LogP) is 5.00. The molecule has 1 fully saturated rings. The van der Waals surface area contributed by atoms with E-state index in [2.05, 4.69) is 15.3 Å². The fourth-order valence-corrected chi connectivity index (χ4v) is 4.73. The Kier molecular flexibility index (Phi) is 6.80. The van der Waals surface area contributed by atoms with Crippen LogP contribution in [0.5, 0.6) is 0 Å². The van der Waals surface area contributed by atoms with E-state index in [1.54, 1.807) is 24.5 Å². The Labute approximate surface area is 210 Å². The molecule has 1 aliphatic rings. The zero-order valence-electron chi connectivity index (χ0n) is 20.6. The Morgan fingerprint density at radius 3 is 2.61 bits per heavy atom. The van der Waals surface area contributed by atoms with Crippen LogP contribution >= 0.6 is 0 Å². The van der Waals surface area contributed by atoms with Crippen LogP contribution in [-0.2, 0) is 11.3 Å². The summed E-state index contributed by atoms with van der Waals surface area (Å²) in [5.74, 6) is 0.725. The number of aryl methyl sites for hydroxylation is 1. The van der Waals surface area contributed by atoms with E-state index in [1.807, 2.05) is 61.2 Å². The van der Waals surface area contributed by atoms with E-state index in [0.29, 0.717) is 42.2 Å². The Balaban J connectivity index is 1.18. The molecule has 4 aromatic rings. The van der Waals surface area contributed by atoms with Gasteiger partial charge in [0.15, 0.2) is 5.58 Å². The molecule has 0 unspecified atom stereocenters. The van der Waals surface area contributed by atoms with Gasteiger partial charge in [0, 0.05) is 49.1 Å². The first-order valence-electron chi connectivity index (χ1n) is 12.4. The van der Waals surface area contributed by atoms with Gasteiger partial charge in [-0.15, -0.1) is 0 Å². The van der Waals surface area contributed by atoms with Gasteiger partial charge < -0.3 is 14.6 Å². The summed E-state index contributed by atoms with van der Waals surface area (Å²) in [6.07, 6.45) is 5.08. The molecule has 0 bridgehead atoms. The Morgan fingerprint density at radius 2 is 1.89 bits per heavy atom. The fourth-order valence-electron chi connectivity index (χ4n) is 4.73. The van der Waals surface area contributed by atoms with E-state index >= 15 is 0 Å². The van der Waals surface area contributed by atoms with E-state index in [-0.39, 0.29) is 23.7 Å². The average molecular weight is 483 g/mol. The molecule has 3 heterocycles. The number of nitrogens with one attached hydrogen (secondary N) is 1. The minimum atomic E-state index is -0.106. The number of piperidine rings is 1. The zero-order chi connectivity index (χ0) is 25.1. The lowest BCUT2D eigenvalue weighted by Gasteiger charge is -2.34. The summed E-state index contributed by atoms with van der Waals surface area (Å²) in [7, 11) is 0. The molecule has 2 aromatic carbocycles. The number of hydrogen-bond acceptors (Lipinski definition) is 5. The molecule has 1 aliphatic heterocycles. The second-order valence-corrected chi connectivity index (χ2v) is 9.56. The normalized spacial score (nSPS) is 15.1. The van der Waals surface area contributed by atoms with Gasteiger partial charge in [-0.3, -0.25) is 14.6 Å². The number of hydrogen-bond donors (Lipinski definition) is 1. The first-order chi connectivity index (χ1) is 17.5. The molecule has 0 saturated carbocycles. The quantitative estimate of drug-likeness (QED) is 0.418. The van der Waals surface area contributed by atoms with Crippen molar-refractivity contribution in [1.82, 2.24) is 20.2 Å². The van der Waals surface area contributed by atoms with Gasteiger partial charge >= 0.3 is 0 Å². The molecule has 2 aromatic heterocycles. The van der Waals surface area contributed by atoms with Gasteiger partial charge in [0.2, 0.25) is 11.8 Å². The molecule has 2 amide bonds. The summed E-state index contributed by atoms with van der Waals surface area (Å²) in [4.78, 5) is 36.4. The van der Waals surface area contributed by atoms with E-state index in [0.717, 1.165) is 24.0 Å². The monoisotopic (exact) mass is 482 g/mol. The lowest BCUT2D eigenvalue weighted by atomic mass is 9.84. The van der Waals surface area contributed by atoms with Crippen LogP contribution in [-0.4, -0.2) is 39.8 Å². The highest BCUT2D eigenvalue weighted by Gasteiger charge is 2.30. The SMILES string of the molecule is Cc1ccc(-c2nc3cc(C(=O)N4CCC([C@@H](C)C(=O)NCc5cccnc5)CC4)ccc3o2)cc1. The predicted molar refractivity (Wildman–Crippen MR) is 138 cm³/mol. The Bertz CT molecular complexity index is 1360. The van der Waals surface area contributed by atoms with E-state index < -0.39 is 0 Å². The number of amides is 2. The van der Waals surface area contributed by atoms with Crippen molar-refractivity contribution in [3.05, 3.63) is 83.7 Å². The summed E-state index contributed by atoms with van der Waals surface area (Å²) >= 11 is 0. The maximum atomic E-state index is 13.2. The number of carbonyl (C=O) groups excluding carboxylic acids is 2. The number of fused-ring (bicyclic) bond motifs is 1. The van der Waals surface area contributed by atoms with Crippen LogP contribution < -0.4 is 5.32 Å². The molecule has 7 nitrogen and oxygen atoms in total. The smallest absolute Gasteiger partial charge is 0.253 e. The summed E-state index contributed by atoms with van der Waals surface area (Å²) in [5.41, 5.74) is 4.99. The molecule has 0 radical (unpaired) electrons. The minimum Gasteiger partial charge on any atom is -0.436 e. The minimum absolute atomic E-state index is 0.0103. The highest BCUT2D eigenvalue weighted by Crippen LogP contribution is 2.28. The van der Waals surface area contributed by atoms with Crippen molar-refractivity contribution in [2.45, 2.75) is 33.2 Å². The standard InChI is InChI=1S/C29H30N4O3/c1-19-5-7-23(8-6-19)28-32-25-16-24(9-10-26(25)36-28)29(35)33-14-11-22(12-15-33)20(2)27(34)31-18-21-4-3-13-30-17-21/h3-10,13,16-17,20,22H,11-12,14-15,18H2,1-2H3,(H,31,34)/t20-/m1/s1. The molecule has 7 heteroatoms. The highest BCUT2D eigenvalue weighted by atomic mass is 16.3. The van der Waals surface area contributed by atoms with Crippen molar-refractivity contribution in [3.8, 4) is 11.5 Å². The number of nitrogens with zero attached hydrogens (tertiary/aromatic N) is 3. The van der Waals surface area contributed by atoms with Crippen molar-refractivity contribution in [2.24, 2.45) is 11.8 Å². The van der Waals surface area contributed by atoms with Gasteiger partial charge in [-0.05, 0) is 67.6 Å². The number of carbonyl (C=O) groups is 2. The molecular formula is C29H30N4O3. The Hall–Kier alpha value is -4.00. The van der Waals surface area contributed by atoms with Crippen LogP contribution in [0.4, 0.5) is 0 Å². The van der Waals surface area contributed by atoms with Crippen molar-refractivity contribution >= 4 is 22.9 Å². The summed E-state index contributed by atoms with van der Waals surface area (Å²) in [5, 5.41) is 3.01. The fraction of sp³-hybridized carbons (Fsp3) is 0.310. The van der Waals surface area contributed by atoms with Gasteiger partial charge in [-0.2, -0.15) is 0 Å². The first kappa shape index (κ1) is 23.7. The zero-order valence-corrected chi connectivity index (χ0v) is 20.6. The van der Waals surface area contributed by atoms with Crippen LogP contribution in [0, 0.1) is 18.8 Å². The lowest BCUT2D eigenvalue weighted by molar-refractivity contribution is -0.126. The summed E-state index contributed by atoms with van der Waals surface area (Å²) < 4.78 is 5.91. The second-order valence-electron chi connectivity index (χ2n) is 9.56. The third-order valence-electron chi connectivity index (χ3n) is 7.07. The van der Waals surface area contributed by atoms with Crippen LogP contribution in [0.3, 0.4) is 0 Å². The van der Waals surface area contributed by atoms with Gasteiger partial charge in [-0.1, -0.05) is 30.7 Å². The van der Waals surface area contributed by atoms with Crippen LogP contribution in [0.15, 0.2) is 71.4 Å². The van der Waals surface area contributed by atoms with Crippen molar-refractivity contribution in [2.75, 3.05) is 13.1 Å². The average Bonchev–Trinajstić information content (AvgIpc) is 3.35. The molecule has 0 spiro atoms. The number of pyridine rings is 1. The topological polar surface area (TPSA) is 88.3 Å². The molecule has 184 valence electrons. The summed E-state index contributed by atoms with van der Waals surface area (Å²) in [6.45, 7) is 5.76.